The molecule has 0 N–H and O–H groups in total. The van der Waals surface area contributed by atoms with Crippen LogP contribution in [-0.2, 0) is 0 Å². The lowest BCUT2D eigenvalue weighted by molar-refractivity contribution is 1.18. The molecule has 12 rings (SSSR count). The highest BCUT2D eigenvalue weighted by atomic mass is 15.0. The molecule has 0 aliphatic rings. The van der Waals surface area contributed by atoms with Crippen LogP contribution in [0.15, 0.2) is 164 Å². The second-order valence-electron chi connectivity index (χ2n) is 14.8. The minimum absolute atomic E-state index is 1.17. The maximum Gasteiger partial charge on any atom is 0.0620 e. The number of benzene rings is 8. The number of fused-ring (bicyclic) bond motifs is 12. The second kappa shape index (κ2) is 10.4. The van der Waals surface area contributed by atoms with Gasteiger partial charge in [-0.2, -0.15) is 0 Å². The van der Waals surface area contributed by atoms with Crippen LogP contribution in [0.25, 0.3) is 104 Å². The third-order valence-corrected chi connectivity index (χ3v) is 11.7. The Morgan fingerprint density at radius 3 is 1.45 bits per heavy atom. The van der Waals surface area contributed by atoms with E-state index in [1.807, 2.05) is 0 Å². The van der Waals surface area contributed by atoms with E-state index < -0.39 is 0 Å². The lowest BCUT2D eigenvalue weighted by Crippen LogP contribution is -1.94. The van der Waals surface area contributed by atoms with E-state index in [0.29, 0.717) is 0 Å². The summed E-state index contributed by atoms with van der Waals surface area (Å²) in [6.07, 6.45) is 0. The number of aromatic nitrogens is 3. The van der Waals surface area contributed by atoms with Gasteiger partial charge in [0.15, 0.2) is 0 Å². The van der Waals surface area contributed by atoms with Gasteiger partial charge in [-0.1, -0.05) is 96.1 Å². The summed E-state index contributed by atoms with van der Waals surface area (Å²) in [4.78, 5) is 0. The average Bonchev–Trinajstić information content (AvgIpc) is 3.91. The first-order valence-electron chi connectivity index (χ1n) is 18.4. The second-order valence-corrected chi connectivity index (χ2v) is 14.8. The van der Waals surface area contributed by atoms with Crippen LogP contribution in [0.2, 0.25) is 0 Å². The molecule has 0 saturated heterocycles. The fourth-order valence-corrected chi connectivity index (χ4v) is 9.32. The number of para-hydroxylation sites is 3. The standard InChI is InChI=1S/C50H33N3/c1-30-15-21-45-40(25-30)42-27-32(17-23-47(42)51(45)34-9-4-3-5-10-34)33-18-24-48-43(28-33)41-26-31(2)16-22-46(41)52(48)35-19-20-37-39-13-8-12-38-36-11-6-7-14-44(36)53(50(38)39)49(37)29-35/h3-29H,1-2H3. The third kappa shape index (κ3) is 3.88. The normalized spacial score (nSPS) is 12.3. The lowest BCUT2D eigenvalue weighted by atomic mass is 10.00. The van der Waals surface area contributed by atoms with Crippen molar-refractivity contribution in [1.82, 2.24) is 13.5 Å². The Hall–Kier alpha value is -6.84. The van der Waals surface area contributed by atoms with E-state index in [9.17, 15) is 0 Å². The van der Waals surface area contributed by atoms with Crippen molar-refractivity contribution in [2.45, 2.75) is 13.8 Å². The predicted molar refractivity (Wildman–Crippen MR) is 225 cm³/mol. The fourth-order valence-electron chi connectivity index (χ4n) is 9.32. The van der Waals surface area contributed by atoms with Crippen LogP contribution in [0.5, 0.6) is 0 Å². The maximum absolute atomic E-state index is 2.47. The number of rotatable bonds is 3. The fraction of sp³-hybridized carbons (Fsp3) is 0.0400. The molecule has 8 aromatic carbocycles. The molecule has 0 unspecified atom stereocenters. The largest absolute Gasteiger partial charge is 0.309 e. The quantitative estimate of drug-likeness (QED) is 0.177. The molecule has 248 valence electrons. The molecule has 0 aliphatic carbocycles. The van der Waals surface area contributed by atoms with Crippen molar-refractivity contribution in [1.29, 1.82) is 0 Å². The van der Waals surface area contributed by atoms with E-state index in [1.165, 1.54) is 115 Å². The number of hydrogen-bond donors (Lipinski definition) is 0. The lowest BCUT2D eigenvalue weighted by Gasteiger charge is -2.10. The molecule has 3 nitrogen and oxygen atoms in total. The zero-order valence-corrected chi connectivity index (χ0v) is 29.4. The highest BCUT2D eigenvalue weighted by Crippen LogP contribution is 2.42. The molecule has 53 heavy (non-hydrogen) atoms. The van der Waals surface area contributed by atoms with Crippen LogP contribution in [0.4, 0.5) is 0 Å². The molecular formula is C50H33N3. The Labute approximate surface area is 305 Å². The topological polar surface area (TPSA) is 14.3 Å². The Morgan fingerprint density at radius 1 is 0.302 bits per heavy atom. The summed E-state index contributed by atoms with van der Waals surface area (Å²) in [6, 6.07) is 61.0. The average molecular weight is 676 g/mol. The molecule has 0 atom stereocenters. The van der Waals surface area contributed by atoms with Gasteiger partial charge in [0.25, 0.3) is 0 Å². The van der Waals surface area contributed by atoms with Crippen LogP contribution in [0.1, 0.15) is 11.1 Å². The van der Waals surface area contributed by atoms with Crippen LogP contribution in [0, 0.1) is 13.8 Å². The van der Waals surface area contributed by atoms with Crippen molar-refractivity contribution in [3.63, 3.8) is 0 Å². The SMILES string of the molecule is Cc1ccc2c(c1)c1cc(-c3ccc4c(c3)c3cc(C)ccc3n4-c3ccc4c5cccc6c7ccccc7n(c4c3)c65)ccc1n2-c1ccccc1. The molecule has 0 fully saturated rings. The van der Waals surface area contributed by atoms with E-state index in [-0.39, 0.29) is 0 Å². The highest BCUT2D eigenvalue weighted by Gasteiger charge is 2.20. The van der Waals surface area contributed by atoms with Crippen molar-refractivity contribution in [2.75, 3.05) is 0 Å². The summed E-state index contributed by atoms with van der Waals surface area (Å²) in [7, 11) is 0. The maximum atomic E-state index is 2.47. The molecular weight excluding hydrogens is 643 g/mol. The Kier molecular flexibility index (Phi) is 5.64. The minimum atomic E-state index is 1.17. The van der Waals surface area contributed by atoms with E-state index >= 15 is 0 Å². The molecule has 3 heteroatoms. The van der Waals surface area contributed by atoms with E-state index in [2.05, 4.69) is 191 Å². The minimum Gasteiger partial charge on any atom is -0.309 e. The molecule has 4 aromatic heterocycles. The van der Waals surface area contributed by atoms with Gasteiger partial charge in [0.1, 0.15) is 0 Å². The van der Waals surface area contributed by atoms with Gasteiger partial charge in [-0.3, -0.25) is 0 Å². The van der Waals surface area contributed by atoms with Crippen LogP contribution >= 0.6 is 0 Å². The van der Waals surface area contributed by atoms with Gasteiger partial charge in [-0.15, -0.1) is 0 Å². The van der Waals surface area contributed by atoms with E-state index in [4.69, 9.17) is 0 Å². The van der Waals surface area contributed by atoms with Crippen LogP contribution < -0.4 is 0 Å². The van der Waals surface area contributed by atoms with E-state index in [0.717, 1.165) is 0 Å². The Morgan fingerprint density at radius 2 is 0.811 bits per heavy atom. The van der Waals surface area contributed by atoms with Gasteiger partial charge in [-0.05, 0) is 104 Å². The van der Waals surface area contributed by atoms with Crippen LogP contribution in [0.3, 0.4) is 0 Å². The molecule has 0 bridgehead atoms. The molecule has 12 aromatic rings. The monoisotopic (exact) mass is 675 g/mol. The van der Waals surface area contributed by atoms with Crippen molar-refractivity contribution in [2.24, 2.45) is 0 Å². The Balaban J connectivity index is 1.08. The molecule has 4 heterocycles. The van der Waals surface area contributed by atoms with Crippen molar-refractivity contribution in [3.8, 4) is 22.5 Å². The first-order valence-corrected chi connectivity index (χ1v) is 18.4. The summed E-state index contributed by atoms with van der Waals surface area (Å²) < 4.78 is 7.32. The Bertz CT molecular complexity index is 3460. The molecule has 0 spiro atoms. The van der Waals surface area contributed by atoms with Gasteiger partial charge in [0.05, 0.1) is 38.6 Å². The molecule has 0 aliphatic heterocycles. The molecule has 0 radical (unpaired) electrons. The highest BCUT2D eigenvalue weighted by molar-refractivity contribution is 6.23. The van der Waals surface area contributed by atoms with Crippen LogP contribution in [-0.4, -0.2) is 13.5 Å². The smallest absolute Gasteiger partial charge is 0.0620 e. The first-order chi connectivity index (χ1) is 26.1. The van der Waals surface area contributed by atoms with Gasteiger partial charge in [0.2, 0.25) is 0 Å². The zero-order chi connectivity index (χ0) is 34.9. The molecule has 0 amide bonds. The molecule has 0 saturated carbocycles. The summed E-state index contributed by atoms with van der Waals surface area (Å²) in [5.41, 5.74) is 16.0. The van der Waals surface area contributed by atoms with Crippen molar-refractivity contribution in [3.05, 3.63) is 175 Å². The van der Waals surface area contributed by atoms with Gasteiger partial charge in [-0.25, -0.2) is 0 Å². The number of hydrogen-bond acceptors (Lipinski definition) is 0. The summed E-state index contributed by atoms with van der Waals surface area (Å²) in [6.45, 7) is 4.38. The summed E-state index contributed by atoms with van der Waals surface area (Å²) in [5.74, 6) is 0. The predicted octanol–water partition coefficient (Wildman–Crippen LogP) is 13.3. The van der Waals surface area contributed by atoms with Crippen molar-refractivity contribution >= 4 is 81.7 Å². The van der Waals surface area contributed by atoms with Gasteiger partial charge < -0.3 is 13.5 Å². The summed E-state index contributed by atoms with van der Waals surface area (Å²) >= 11 is 0. The number of aryl methyl sites for hydroxylation is 2. The van der Waals surface area contributed by atoms with E-state index in [1.54, 1.807) is 0 Å². The van der Waals surface area contributed by atoms with Crippen molar-refractivity contribution < 1.29 is 0 Å². The first kappa shape index (κ1) is 28.8. The summed E-state index contributed by atoms with van der Waals surface area (Å²) in [5, 5.41) is 10.3. The van der Waals surface area contributed by atoms with Gasteiger partial charge >= 0.3 is 0 Å². The zero-order valence-electron chi connectivity index (χ0n) is 29.4. The third-order valence-electron chi connectivity index (χ3n) is 11.7. The van der Waals surface area contributed by atoms with Gasteiger partial charge in [0, 0.05) is 54.5 Å². The number of nitrogens with zero attached hydrogens (tertiary/aromatic N) is 3.